The Morgan fingerprint density at radius 1 is 1.03 bits per heavy atom. The first kappa shape index (κ1) is 23.6. The summed E-state index contributed by atoms with van der Waals surface area (Å²) >= 11 is 0. The molecule has 3 aliphatic rings. The van der Waals surface area contributed by atoms with Crippen molar-refractivity contribution < 1.29 is 28.2 Å². The van der Waals surface area contributed by atoms with Crippen LogP contribution in [0.25, 0.3) is 0 Å². The summed E-state index contributed by atoms with van der Waals surface area (Å²) in [5, 5.41) is 2.72. The Labute approximate surface area is 193 Å². The maximum Gasteiger partial charge on any atom is 0.327 e. The molecule has 9 heteroatoms. The van der Waals surface area contributed by atoms with E-state index in [1.807, 2.05) is 0 Å². The highest BCUT2D eigenvalue weighted by Gasteiger charge is 2.53. The number of benzene rings is 1. The molecule has 1 heterocycles. The normalized spacial score (nSPS) is 28.6. The van der Waals surface area contributed by atoms with Crippen LogP contribution in [0.2, 0.25) is 0 Å². The molecule has 180 valence electrons. The molecule has 4 unspecified atom stereocenters. The van der Waals surface area contributed by atoms with Gasteiger partial charge in [0.2, 0.25) is 11.8 Å². The van der Waals surface area contributed by atoms with Crippen molar-refractivity contribution in [3.8, 4) is 0 Å². The van der Waals surface area contributed by atoms with E-state index in [0.717, 1.165) is 32.1 Å². The lowest BCUT2D eigenvalue weighted by atomic mass is 9.77. The molecule has 3 fully saturated rings. The number of nitrogens with zero attached hydrogens (tertiary/aromatic N) is 2. The van der Waals surface area contributed by atoms with Crippen LogP contribution in [-0.2, 0) is 19.1 Å². The number of ether oxygens (including phenoxy) is 2. The molecule has 1 saturated heterocycles. The van der Waals surface area contributed by atoms with Crippen molar-refractivity contribution in [1.82, 2.24) is 9.80 Å². The third kappa shape index (κ3) is 4.89. The van der Waals surface area contributed by atoms with Crippen molar-refractivity contribution in [3.63, 3.8) is 0 Å². The summed E-state index contributed by atoms with van der Waals surface area (Å²) in [5.74, 6) is -1.40. The molecule has 4 rings (SSSR count). The molecule has 0 aromatic heterocycles. The van der Waals surface area contributed by atoms with Gasteiger partial charge in [0.05, 0.1) is 18.1 Å². The molecule has 2 aliphatic carbocycles. The molecule has 8 nitrogen and oxygen atoms in total. The molecule has 0 spiro atoms. The largest absolute Gasteiger partial charge is 0.379 e. The smallest absolute Gasteiger partial charge is 0.327 e. The third-order valence-corrected chi connectivity index (χ3v) is 7.23. The number of fused-ring (bicyclic) bond motifs is 1. The van der Waals surface area contributed by atoms with Crippen molar-refractivity contribution in [2.45, 2.75) is 69.2 Å². The maximum absolute atomic E-state index is 13.6. The first-order valence-corrected chi connectivity index (χ1v) is 11.7. The summed E-state index contributed by atoms with van der Waals surface area (Å²) in [5.41, 5.74) is 0.445. The number of methoxy groups -OCH3 is 2. The predicted molar refractivity (Wildman–Crippen MR) is 119 cm³/mol. The third-order valence-electron chi connectivity index (χ3n) is 7.23. The van der Waals surface area contributed by atoms with Gasteiger partial charge >= 0.3 is 6.03 Å². The van der Waals surface area contributed by atoms with E-state index < -0.39 is 29.7 Å². The van der Waals surface area contributed by atoms with E-state index in [2.05, 4.69) is 5.32 Å². The first-order valence-electron chi connectivity index (χ1n) is 11.7. The minimum atomic E-state index is -0.445. The van der Waals surface area contributed by atoms with Gasteiger partial charge in [-0.1, -0.05) is 19.3 Å². The average Bonchev–Trinajstić information content (AvgIpc) is 2.83. The van der Waals surface area contributed by atoms with E-state index in [9.17, 15) is 18.8 Å². The van der Waals surface area contributed by atoms with Crippen LogP contribution in [0.1, 0.15) is 44.9 Å². The Hall–Kier alpha value is -2.52. The summed E-state index contributed by atoms with van der Waals surface area (Å²) < 4.78 is 24.4. The van der Waals surface area contributed by atoms with Crippen molar-refractivity contribution in [2.75, 3.05) is 26.1 Å². The van der Waals surface area contributed by atoms with Gasteiger partial charge in [0.1, 0.15) is 12.4 Å². The maximum atomic E-state index is 13.6. The second-order valence-electron chi connectivity index (χ2n) is 9.16. The number of hydrogen-bond acceptors (Lipinski definition) is 5. The van der Waals surface area contributed by atoms with Crippen LogP contribution in [0.5, 0.6) is 0 Å². The zero-order chi connectivity index (χ0) is 23.5. The van der Waals surface area contributed by atoms with Gasteiger partial charge in [0.15, 0.2) is 0 Å². The van der Waals surface area contributed by atoms with Gasteiger partial charge in [-0.3, -0.25) is 14.5 Å². The van der Waals surface area contributed by atoms with E-state index in [1.165, 1.54) is 34.1 Å². The van der Waals surface area contributed by atoms with Crippen LogP contribution in [0, 0.1) is 11.7 Å². The van der Waals surface area contributed by atoms with Crippen molar-refractivity contribution in [2.24, 2.45) is 5.92 Å². The molecular weight excluding hydrogens is 429 g/mol. The van der Waals surface area contributed by atoms with Gasteiger partial charge in [0.25, 0.3) is 0 Å². The minimum Gasteiger partial charge on any atom is -0.379 e. The Morgan fingerprint density at radius 3 is 2.30 bits per heavy atom. The second kappa shape index (κ2) is 10.2. The molecule has 1 N–H and O–H groups in total. The lowest BCUT2D eigenvalue weighted by Crippen LogP contribution is -2.68. The number of rotatable bonds is 6. The number of urea groups is 1. The zero-order valence-corrected chi connectivity index (χ0v) is 19.2. The Kier molecular flexibility index (Phi) is 7.29. The quantitative estimate of drug-likeness (QED) is 0.703. The highest BCUT2D eigenvalue weighted by molar-refractivity contribution is 6.02. The SMILES string of the molecule is COC1CC2C(=O)N(C3CCCCC3)C(=O)N(CC(=O)Nc3ccc(F)cc3)C2CC1OC. The number of hydrogen-bond donors (Lipinski definition) is 1. The Morgan fingerprint density at radius 2 is 1.67 bits per heavy atom. The molecule has 33 heavy (non-hydrogen) atoms. The lowest BCUT2D eigenvalue weighted by Gasteiger charge is -2.51. The van der Waals surface area contributed by atoms with E-state index in [1.54, 1.807) is 14.2 Å². The second-order valence-corrected chi connectivity index (χ2v) is 9.16. The molecular formula is C24H32FN3O5. The number of imide groups is 1. The molecule has 2 saturated carbocycles. The highest BCUT2D eigenvalue weighted by Crippen LogP contribution is 2.39. The number of carbonyl (C=O) groups excluding carboxylic acids is 3. The van der Waals surface area contributed by atoms with Crippen LogP contribution in [0.15, 0.2) is 24.3 Å². The fraction of sp³-hybridized carbons (Fsp3) is 0.625. The predicted octanol–water partition coefficient (Wildman–Crippen LogP) is 3.17. The van der Waals surface area contributed by atoms with Crippen LogP contribution in [-0.4, -0.2) is 72.7 Å². The zero-order valence-electron chi connectivity index (χ0n) is 19.2. The van der Waals surface area contributed by atoms with Gasteiger partial charge in [-0.05, 0) is 49.9 Å². The molecule has 1 aromatic rings. The number of amides is 4. The number of anilines is 1. The van der Waals surface area contributed by atoms with Crippen molar-refractivity contribution >= 4 is 23.5 Å². The van der Waals surface area contributed by atoms with E-state index in [-0.39, 0.29) is 30.7 Å². The van der Waals surface area contributed by atoms with Crippen LogP contribution < -0.4 is 5.32 Å². The Balaban J connectivity index is 1.58. The summed E-state index contributed by atoms with van der Waals surface area (Å²) in [7, 11) is 3.19. The summed E-state index contributed by atoms with van der Waals surface area (Å²) in [4.78, 5) is 42.9. The van der Waals surface area contributed by atoms with Gasteiger partial charge < -0.3 is 19.7 Å². The fourth-order valence-corrected chi connectivity index (χ4v) is 5.52. The van der Waals surface area contributed by atoms with E-state index >= 15 is 0 Å². The monoisotopic (exact) mass is 461 g/mol. The number of nitrogens with one attached hydrogen (secondary N) is 1. The Bertz CT molecular complexity index is 873. The summed E-state index contributed by atoms with van der Waals surface area (Å²) in [6, 6.07) is 4.47. The van der Waals surface area contributed by atoms with Crippen molar-refractivity contribution in [1.29, 1.82) is 0 Å². The van der Waals surface area contributed by atoms with Gasteiger partial charge in [-0.25, -0.2) is 9.18 Å². The lowest BCUT2D eigenvalue weighted by molar-refractivity contribution is -0.155. The molecule has 4 atom stereocenters. The molecule has 0 radical (unpaired) electrons. The van der Waals surface area contributed by atoms with Crippen LogP contribution >= 0.6 is 0 Å². The topological polar surface area (TPSA) is 88.2 Å². The van der Waals surface area contributed by atoms with Gasteiger partial charge in [-0.2, -0.15) is 0 Å². The summed E-state index contributed by atoms with van der Waals surface area (Å²) in [6.07, 6.45) is 4.96. The molecule has 0 bridgehead atoms. The fourth-order valence-electron chi connectivity index (χ4n) is 5.52. The van der Waals surface area contributed by atoms with Crippen molar-refractivity contribution in [3.05, 3.63) is 30.1 Å². The standard InChI is InChI=1S/C24H32FN3O5/c1-32-20-12-18-19(13-21(20)33-2)27(14-22(29)26-16-10-8-15(25)9-11-16)24(31)28(23(18)30)17-6-4-3-5-7-17/h8-11,17-21H,3-7,12-14H2,1-2H3,(H,26,29). The molecule has 1 aromatic carbocycles. The molecule has 1 aliphatic heterocycles. The number of carbonyl (C=O) groups is 3. The number of halogens is 1. The molecule has 4 amide bonds. The first-order chi connectivity index (χ1) is 15.9. The average molecular weight is 462 g/mol. The van der Waals surface area contributed by atoms with Gasteiger partial charge in [0, 0.05) is 32.0 Å². The van der Waals surface area contributed by atoms with Crippen LogP contribution in [0.4, 0.5) is 14.9 Å². The highest BCUT2D eigenvalue weighted by atomic mass is 19.1. The van der Waals surface area contributed by atoms with E-state index in [0.29, 0.717) is 18.5 Å². The summed E-state index contributed by atoms with van der Waals surface area (Å²) in [6.45, 7) is -0.193. The van der Waals surface area contributed by atoms with Crippen LogP contribution in [0.3, 0.4) is 0 Å². The van der Waals surface area contributed by atoms with Gasteiger partial charge in [-0.15, -0.1) is 0 Å². The minimum absolute atomic E-state index is 0.136. The van der Waals surface area contributed by atoms with E-state index in [4.69, 9.17) is 9.47 Å².